The first-order valence-corrected chi connectivity index (χ1v) is 6.74. The number of aromatic nitrogens is 2. The number of nitrogens with zero attached hydrogens (tertiary/aromatic N) is 2. The van der Waals surface area contributed by atoms with Gasteiger partial charge in [0.05, 0.1) is 19.3 Å². The van der Waals surface area contributed by atoms with E-state index in [1.54, 1.807) is 13.3 Å². The largest absolute Gasteiger partial charge is 0.493 e. The summed E-state index contributed by atoms with van der Waals surface area (Å²) >= 11 is 2.35. The zero-order chi connectivity index (χ0) is 13.1. The molecule has 1 unspecified atom stereocenters. The van der Waals surface area contributed by atoms with Gasteiger partial charge in [0.2, 0.25) is 0 Å². The van der Waals surface area contributed by atoms with Crippen LogP contribution in [0.15, 0.2) is 30.5 Å². The second kappa shape index (κ2) is 5.71. The van der Waals surface area contributed by atoms with Crippen molar-refractivity contribution in [2.24, 2.45) is 7.05 Å². The van der Waals surface area contributed by atoms with Gasteiger partial charge in [0.15, 0.2) is 5.75 Å². The van der Waals surface area contributed by atoms with Gasteiger partial charge in [-0.25, -0.2) is 0 Å². The molecule has 0 fully saturated rings. The molecule has 0 amide bonds. The number of hydrogen-bond donors (Lipinski definition) is 1. The van der Waals surface area contributed by atoms with Crippen molar-refractivity contribution in [3.8, 4) is 5.75 Å². The van der Waals surface area contributed by atoms with Gasteiger partial charge in [-0.3, -0.25) is 4.68 Å². The van der Waals surface area contributed by atoms with E-state index in [1.807, 2.05) is 30.9 Å². The summed E-state index contributed by atoms with van der Waals surface area (Å²) in [6.45, 7) is 0. The van der Waals surface area contributed by atoms with Crippen LogP contribution in [0.25, 0.3) is 0 Å². The number of rotatable bonds is 4. The highest BCUT2D eigenvalue weighted by Gasteiger charge is 2.22. The Balaban J connectivity index is 2.52. The van der Waals surface area contributed by atoms with Gasteiger partial charge in [0.1, 0.15) is 5.69 Å². The number of ether oxygens (including phenoxy) is 1. The number of benzene rings is 1. The molecule has 96 valence electrons. The molecule has 2 rings (SSSR count). The zero-order valence-electron chi connectivity index (χ0n) is 10.6. The van der Waals surface area contributed by atoms with Crippen molar-refractivity contribution in [1.29, 1.82) is 0 Å². The average molecular weight is 357 g/mol. The predicted molar refractivity (Wildman–Crippen MR) is 79.8 cm³/mol. The van der Waals surface area contributed by atoms with E-state index in [2.05, 4.69) is 45.1 Å². The maximum atomic E-state index is 5.38. The highest BCUT2D eigenvalue weighted by Crippen LogP contribution is 2.31. The third-order valence-electron chi connectivity index (χ3n) is 2.95. The number of aryl methyl sites for hydroxylation is 1. The standard InChI is InChI=1S/C13H16IN3O/c1-15-12(9-6-4-5-7-10(9)14)13-11(18-3)8-16-17(13)2/h4-8,12,15H,1-3H3. The van der Waals surface area contributed by atoms with Crippen LogP contribution in [0.1, 0.15) is 17.3 Å². The summed E-state index contributed by atoms with van der Waals surface area (Å²) in [5, 5.41) is 7.59. The molecule has 4 nitrogen and oxygen atoms in total. The number of methoxy groups -OCH3 is 1. The molecule has 0 bridgehead atoms. The molecular formula is C13H16IN3O. The smallest absolute Gasteiger partial charge is 0.161 e. The van der Waals surface area contributed by atoms with Crippen molar-refractivity contribution < 1.29 is 4.74 Å². The summed E-state index contributed by atoms with van der Waals surface area (Å²) in [6, 6.07) is 8.38. The van der Waals surface area contributed by atoms with Crippen LogP contribution in [-0.2, 0) is 7.05 Å². The van der Waals surface area contributed by atoms with Crippen molar-refractivity contribution in [1.82, 2.24) is 15.1 Å². The Labute approximate surface area is 120 Å². The van der Waals surface area contributed by atoms with Crippen LogP contribution in [-0.4, -0.2) is 23.9 Å². The monoisotopic (exact) mass is 357 g/mol. The van der Waals surface area contributed by atoms with E-state index in [9.17, 15) is 0 Å². The average Bonchev–Trinajstić information content (AvgIpc) is 2.74. The van der Waals surface area contributed by atoms with E-state index in [-0.39, 0.29) is 6.04 Å². The number of nitrogens with one attached hydrogen (secondary N) is 1. The van der Waals surface area contributed by atoms with Crippen molar-refractivity contribution in [2.75, 3.05) is 14.2 Å². The second-order valence-corrected chi connectivity index (χ2v) is 5.13. The summed E-state index contributed by atoms with van der Waals surface area (Å²) in [4.78, 5) is 0. The van der Waals surface area contributed by atoms with Crippen LogP contribution in [0.4, 0.5) is 0 Å². The Bertz CT molecular complexity index is 539. The summed E-state index contributed by atoms with van der Waals surface area (Å²) in [5.74, 6) is 0.802. The Hall–Kier alpha value is -1.08. The van der Waals surface area contributed by atoms with Crippen LogP contribution >= 0.6 is 22.6 Å². The fraction of sp³-hybridized carbons (Fsp3) is 0.308. The summed E-state index contributed by atoms with van der Waals surface area (Å²) in [6.07, 6.45) is 1.75. The fourth-order valence-corrected chi connectivity index (χ4v) is 2.76. The third-order valence-corrected chi connectivity index (χ3v) is 3.93. The van der Waals surface area contributed by atoms with Gasteiger partial charge in [-0.2, -0.15) is 5.10 Å². The highest BCUT2D eigenvalue weighted by atomic mass is 127. The van der Waals surface area contributed by atoms with Crippen LogP contribution in [0.5, 0.6) is 5.75 Å². The van der Waals surface area contributed by atoms with E-state index < -0.39 is 0 Å². The molecule has 0 aliphatic heterocycles. The SMILES string of the molecule is CNC(c1ccccc1I)c1c(OC)cnn1C. The number of halogens is 1. The molecule has 0 saturated heterocycles. The first-order chi connectivity index (χ1) is 8.69. The normalized spacial score (nSPS) is 12.4. The zero-order valence-corrected chi connectivity index (χ0v) is 12.8. The van der Waals surface area contributed by atoms with Gasteiger partial charge in [0, 0.05) is 10.6 Å². The lowest BCUT2D eigenvalue weighted by Crippen LogP contribution is -2.22. The fourth-order valence-electron chi connectivity index (χ4n) is 2.06. The number of hydrogen-bond acceptors (Lipinski definition) is 3. The molecular weight excluding hydrogens is 341 g/mol. The maximum absolute atomic E-state index is 5.38. The van der Waals surface area contributed by atoms with Crippen molar-refractivity contribution in [3.63, 3.8) is 0 Å². The summed E-state index contributed by atoms with van der Waals surface area (Å²) < 4.78 is 8.45. The van der Waals surface area contributed by atoms with Gasteiger partial charge in [-0.1, -0.05) is 18.2 Å². The van der Waals surface area contributed by atoms with E-state index in [0.717, 1.165) is 11.4 Å². The van der Waals surface area contributed by atoms with E-state index in [0.29, 0.717) is 0 Å². The van der Waals surface area contributed by atoms with Gasteiger partial charge in [-0.15, -0.1) is 0 Å². The molecule has 2 aromatic rings. The summed E-state index contributed by atoms with van der Waals surface area (Å²) in [7, 11) is 5.54. The Morgan fingerprint density at radius 3 is 2.72 bits per heavy atom. The molecule has 0 saturated carbocycles. The molecule has 1 atom stereocenters. The Morgan fingerprint density at radius 2 is 2.11 bits per heavy atom. The van der Waals surface area contributed by atoms with Gasteiger partial charge in [0.25, 0.3) is 0 Å². The minimum Gasteiger partial charge on any atom is -0.493 e. The molecule has 0 aliphatic carbocycles. The summed E-state index contributed by atoms with van der Waals surface area (Å²) in [5.41, 5.74) is 2.26. The van der Waals surface area contributed by atoms with Crippen LogP contribution in [0, 0.1) is 3.57 Å². The second-order valence-electron chi connectivity index (χ2n) is 3.96. The first kappa shape index (κ1) is 13.4. The minimum absolute atomic E-state index is 0.0700. The molecule has 0 radical (unpaired) electrons. The molecule has 1 aromatic carbocycles. The molecule has 5 heteroatoms. The lowest BCUT2D eigenvalue weighted by Gasteiger charge is -2.19. The molecule has 0 aliphatic rings. The maximum Gasteiger partial charge on any atom is 0.161 e. The molecule has 1 heterocycles. The van der Waals surface area contributed by atoms with Crippen molar-refractivity contribution in [2.45, 2.75) is 6.04 Å². The van der Waals surface area contributed by atoms with E-state index >= 15 is 0 Å². The Morgan fingerprint density at radius 1 is 1.39 bits per heavy atom. The highest BCUT2D eigenvalue weighted by molar-refractivity contribution is 14.1. The third kappa shape index (κ3) is 2.37. The van der Waals surface area contributed by atoms with E-state index in [4.69, 9.17) is 4.74 Å². The first-order valence-electron chi connectivity index (χ1n) is 5.66. The van der Waals surface area contributed by atoms with E-state index in [1.165, 1.54) is 9.13 Å². The van der Waals surface area contributed by atoms with Crippen LogP contribution in [0.2, 0.25) is 0 Å². The van der Waals surface area contributed by atoms with Crippen molar-refractivity contribution in [3.05, 3.63) is 45.3 Å². The van der Waals surface area contributed by atoms with Gasteiger partial charge < -0.3 is 10.1 Å². The quantitative estimate of drug-likeness (QED) is 0.854. The minimum atomic E-state index is 0.0700. The molecule has 1 aromatic heterocycles. The molecule has 18 heavy (non-hydrogen) atoms. The lowest BCUT2D eigenvalue weighted by molar-refractivity contribution is 0.402. The molecule has 0 spiro atoms. The van der Waals surface area contributed by atoms with Crippen molar-refractivity contribution >= 4 is 22.6 Å². The van der Waals surface area contributed by atoms with Crippen LogP contribution < -0.4 is 10.1 Å². The Kier molecular flexibility index (Phi) is 4.23. The van der Waals surface area contributed by atoms with Gasteiger partial charge >= 0.3 is 0 Å². The predicted octanol–water partition coefficient (Wildman–Crippen LogP) is 2.34. The van der Waals surface area contributed by atoms with Crippen LogP contribution in [0.3, 0.4) is 0 Å². The van der Waals surface area contributed by atoms with Gasteiger partial charge in [-0.05, 0) is 41.3 Å². The lowest BCUT2D eigenvalue weighted by atomic mass is 10.0. The topological polar surface area (TPSA) is 39.1 Å². The molecule has 1 N–H and O–H groups in total.